The Kier molecular flexibility index (Phi) is 5.16. The van der Waals surface area contributed by atoms with Crippen LogP contribution in [0.25, 0.3) is 10.9 Å². The average Bonchev–Trinajstić information content (AvgIpc) is 3.05. The molecule has 0 aliphatic rings. The fourth-order valence-corrected chi connectivity index (χ4v) is 3.67. The zero-order valence-electron chi connectivity index (χ0n) is 13.8. The summed E-state index contributed by atoms with van der Waals surface area (Å²) in [5, 5.41) is 0.730. The highest BCUT2D eigenvalue weighted by molar-refractivity contribution is 7.18. The van der Waals surface area contributed by atoms with Crippen LogP contribution in [-0.2, 0) is 11.2 Å². The molecule has 0 radical (unpaired) electrons. The number of ether oxygens (including phenoxy) is 1. The van der Waals surface area contributed by atoms with Crippen LogP contribution in [-0.4, -0.2) is 23.3 Å². The van der Waals surface area contributed by atoms with Gasteiger partial charge < -0.3 is 4.74 Å². The number of pyridine rings is 1. The molecule has 0 atom stereocenters. The van der Waals surface area contributed by atoms with E-state index in [0.29, 0.717) is 21.2 Å². The molecule has 0 fully saturated rings. The Morgan fingerprint density at radius 3 is 2.64 bits per heavy atom. The number of aryl methyl sites for hydroxylation is 1. The quantitative estimate of drug-likeness (QED) is 0.473. The Balaban J connectivity index is 1.89. The number of hydrogen-bond acceptors (Lipinski definition) is 5. The molecule has 0 aliphatic heterocycles. The number of thiophene rings is 1. The fourth-order valence-electron chi connectivity index (χ4n) is 2.70. The van der Waals surface area contributed by atoms with Crippen LogP contribution in [0.4, 0.5) is 0 Å². The molecule has 25 heavy (non-hydrogen) atoms. The molecule has 3 aromatic rings. The molecule has 0 N–H and O–H groups in total. The number of rotatable bonds is 5. The van der Waals surface area contributed by atoms with Crippen LogP contribution in [0.15, 0.2) is 36.4 Å². The lowest BCUT2D eigenvalue weighted by Gasteiger charge is -2.13. The van der Waals surface area contributed by atoms with E-state index in [-0.39, 0.29) is 12.4 Å². The highest BCUT2D eigenvalue weighted by Gasteiger charge is 2.20. The van der Waals surface area contributed by atoms with Crippen LogP contribution < -0.4 is 0 Å². The van der Waals surface area contributed by atoms with Crippen molar-refractivity contribution in [1.29, 1.82) is 0 Å². The minimum atomic E-state index is -0.512. The molecule has 0 bridgehead atoms. The third kappa shape index (κ3) is 3.57. The number of carbonyl (C=O) groups excluding carboxylic acids is 2. The van der Waals surface area contributed by atoms with Crippen LogP contribution in [0.1, 0.15) is 38.2 Å². The van der Waals surface area contributed by atoms with E-state index >= 15 is 0 Å². The Labute approximate surface area is 154 Å². The van der Waals surface area contributed by atoms with Gasteiger partial charge in [0.05, 0.1) is 20.3 Å². The van der Waals surface area contributed by atoms with E-state index in [0.717, 1.165) is 22.2 Å². The normalized spacial score (nSPS) is 10.8. The second-order valence-corrected chi connectivity index (χ2v) is 7.25. The van der Waals surface area contributed by atoms with Crippen LogP contribution >= 0.6 is 22.9 Å². The minimum absolute atomic E-state index is 0.267. The van der Waals surface area contributed by atoms with Crippen molar-refractivity contribution in [2.24, 2.45) is 0 Å². The van der Waals surface area contributed by atoms with E-state index in [4.69, 9.17) is 16.3 Å². The van der Waals surface area contributed by atoms with E-state index < -0.39 is 5.97 Å². The van der Waals surface area contributed by atoms with Gasteiger partial charge in [-0.1, -0.05) is 36.7 Å². The standard InChI is InChI=1S/C19H16ClNO3S/c1-3-13-11(2)18(12-6-4-5-7-14(12)21-13)19(23)24-10-15(22)16-8-9-17(20)25-16/h4-9H,3,10H2,1-2H3. The third-order valence-corrected chi connectivity index (χ3v) is 5.23. The van der Waals surface area contributed by atoms with Gasteiger partial charge in [-0.15, -0.1) is 11.3 Å². The average molecular weight is 374 g/mol. The van der Waals surface area contributed by atoms with Crippen molar-refractivity contribution in [3.05, 3.63) is 62.4 Å². The number of aromatic nitrogens is 1. The number of carbonyl (C=O) groups is 2. The first-order valence-electron chi connectivity index (χ1n) is 7.85. The van der Waals surface area contributed by atoms with Gasteiger partial charge in [0.2, 0.25) is 5.78 Å². The number of benzene rings is 1. The molecule has 0 unspecified atom stereocenters. The van der Waals surface area contributed by atoms with E-state index in [1.54, 1.807) is 12.1 Å². The van der Waals surface area contributed by atoms with Gasteiger partial charge >= 0.3 is 5.97 Å². The number of esters is 1. The van der Waals surface area contributed by atoms with Gasteiger partial charge in [-0.3, -0.25) is 9.78 Å². The van der Waals surface area contributed by atoms with Crippen LogP contribution in [0.3, 0.4) is 0 Å². The summed E-state index contributed by atoms with van der Waals surface area (Å²) in [6.45, 7) is 3.53. The molecule has 2 aromatic heterocycles. The maximum atomic E-state index is 12.7. The van der Waals surface area contributed by atoms with E-state index in [2.05, 4.69) is 4.98 Å². The third-order valence-electron chi connectivity index (χ3n) is 3.96. The van der Waals surface area contributed by atoms with Crippen molar-refractivity contribution in [2.75, 3.05) is 6.61 Å². The maximum Gasteiger partial charge on any atom is 0.339 e. The second kappa shape index (κ2) is 7.33. The van der Waals surface area contributed by atoms with Crippen molar-refractivity contribution < 1.29 is 14.3 Å². The summed E-state index contributed by atoms with van der Waals surface area (Å²) in [6, 6.07) is 10.7. The van der Waals surface area contributed by atoms with Crippen molar-refractivity contribution in [3.63, 3.8) is 0 Å². The summed E-state index contributed by atoms with van der Waals surface area (Å²) in [5.74, 6) is -0.779. The van der Waals surface area contributed by atoms with Crippen molar-refractivity contribution in [3.8, 4) is 0 Å². The lowest BCUT2D eigenvalue weighted by atomic mass is 10.0. The van der Waals surface area contributed by atoms with Gasteiger partial charge in [-0.2, -0.15) is 0 Å². The molecule has 6 heteroatoms. The lowest BCUT2D eigenvalue weighted by Crippen LogP contribution is -2.16. The molecule has 0 aliphatic carbocycles. The van der Waals surface area contributed by atoms with Crippen LogP contribution in [0.2, 0.25) is 4.34 Å². The lowest BCUT2D eigenvalue weighted by molar-refractivity contribution is 0.0477. The van der Waals surface area contributed by atoms with Gasteiger partial charge in [0, 0.05) is 11.1 Å². The van der Waals surface area contributed by atoms with Crippen molar-refractivity contribution >= 4 is 45.6 Å². The Bertz CT molecular complexity index is 964. The maximum absolute atomic E-state index is 12.7. The van der Waals surface area contributed by atoms with Gasteiger partial charge in [0.1, 0.15) is 0 Å². The number of ketones is 1. The Hall–Kier alpha value is -2.24. The van der Waals surface area contributed by atoms with E-state index in [1.807, 2.05) is 38.1 Å². The zero-order chi connectivity index (χ0) is 18.0. The molecule has 128 valence electrons. The van der Waals surface area contributed by atoms with E-state index in [1.165, 1.54) is 11.3 Å². The Morgan fingerprint density at radius 1 is 1.20 bits per heavy atom. The summed E-state index contributed by atoms with van der Waals surface area (Å²) in [6.07, 6.45) is 0.712. The van der Waals surface area contributed by atoms with Crippen LogP contribution in [0, 0.1) is 6.92 Å². The molecule has 1 aromatic carbocycles. The fraction of sp³-hybridized carbons (Fsp3) is 0.211. The smallest absolute Gasteiger partial charge is 0.339 e. The van der Waals surface area contributed by atoms with Crippen molar-refractivity contribution in [1.82, 2.24) is 4.98 Å². The number of hydrogen-bond donors (Lipinski definition) is 0. The summed E-state index contributed by atoms with van der Waals surface area (Å²) in [7, 11) is 0. The molecular formula is C19H16ClNO3S. The predicted octanol–water partition coefficient (Wildman–Crippen LogP) is 4.86. The summed E-state index contributed by atoms with van der Waals surface area (Å²) < 4.78 is 5.82. The first-order valence-corrected chi connectivity index (χ1v) is 9.04. The van der Waals surface area contributed by atoms with E-state index in [9.17, 15) is 9.59 Å². The Morgan fingerprint density at radius 2 is 1.96 bits per heavy atom. The molecular weight excluding hydrogens is 358 g/mol. The molecule has 0 saturated carbocycles. The first kappa shape index (κ1) is 17.6. The number of halogens is 1. The minimum Gasteiger partial charge on any atom is -0.454 e. The van der Waals surface area contributed by atoms with Crippen LogP contribution in [0.5, 0.6) is 0 Å². The van der Waals surface area contributed by atoms with Crippen molar-refractivity contribution in [2.45, 2.75) is 20.3 Å². The SMILES string of the molecule is CCc1nc2ccccc2c(C(=O)OCC(=O)c2ccc(Cl)s2)c1C. The zero-order valence-corrected chi connectivity index (χ0v) is 15.4. The van der Waals surface area contributed by atoms with Gasteiger partial charge in [-0.25, -0.2) is 4.79 Å². The summed E-state index contributed by atoms with van der Waals surface area (Å²) in [4.78, 5) is 29.9. The molecule has 2 heterocycles. The number of para-hydroxylation sites is 1. The number of fused-ring (bicyclic) bond motifs is 1. The van der Waals surface area contributed by atoms with Gasteiger partial charge in [-0.05, 0) is 37.1 Å². The predicted molar refractivity (Wildman–Crippen MR) is 99.8 cm³/mol. The summed E-state index contributed by atoms with van der Waals surface area (Å²) in [5.41, 5.74) is 2.85. The molecule has 0 saturated heterocycles. The largest absolute Gasteiger partial charge is 0.454 e. The first-order chi connectivity index (χ1) is 12.0. The van der Waals surface area contributed by atoms with Gasteiger partial charge in [0.25, 0.3) is 0 Å². The molecule has 0 amide bonds. The topological polar surface area (TPSA) is 56.3 Å². The molecule has 4 nitrogen and oxygen atoms in total. The van der Waals surface area contributed by atoms with Gasteiger partial charge in [0.15, 0.2) is 6.61 Å². The second-order valence-electron chi connectivity index (χ2n) is 5.53. The summed E-state index contributed by atoms with van der Waals surface area (Å²) >= 11 is 7.00. The highest BCUT2D eigenvalue weighted by atomic mass is 35.5. The monoisotopic (exact) mass is 373 g/mol. The molecule has 3 rings (SSSR count). The number of Topliss-reactive ketones (excluding diaryl/α,β-unsaturated/α-hetero) is 1. The molecule has 0 spiro atoms. The number of nitrogens with zero attached hydrogens (tertiary/aromatic N) is 1. The highest BCUT2D eigenvalue weighted by Crippen LogP contribution is 2.25.